The van der Waals surface area contributed by atoms with E-state index >= 15 is 0 Å². The van der Waals surface area contributed by atoms with Gasteiger partial charge in [-0.3, -0.25) is 0 Å². The largest absolute Gasteiger partial charge is 0.0587 e. The first-order valence-corrected chi connectivity index (χ1v) is 7.12. The van der Waals surface area contributed by atoms with Crippen molar-refractivity contribution in [1.29, 1.82) is 0 Å². The van der Waals surface area contributed by atoms with E-state index in [2.05, 4.69) is 74.0 Å². The van der Waals surface area contributed by atoms with E-state index < -0.39 is 0 Å². The second-order valence-electron chi connectivity index (χ2n) is 5.82. The molecule has 0 N–H and O–H groups in total. The van der Waals surface area contributed by atoms with E-state index in [-0.39, 0.29) is 5.41 Å². The second kappa shape index (κ2) is 3.71. The van der Waals surface area contributed by atoms with Gasteiger partial charge in [0.1, 0.15) is 0 Å². The fourth-order valence-electron chi connectivity index (χ4n) is 2.98. The van der Waals surface area contributed by atoms with E-state index in [1.165, 1.54) is 37.9 Å². The van der Waals surface area contributed by atoms with E-state index in [0.717, 1.165) is 0 Å². The quantitative estimate of drug-likeness (QED) is 0.613. The van der Waals surface area contributed by atoms with Crippen LogP contribution in [-0.4, -0.2) is 0 Å². The highest BCUT2D eigenvalue weighted by molar-refractivity contribution is 9.10. The molecule has 1 aliphatic rings. The van der Waals surface area contributed by atoms with Crippen molar-refractivity contribution >= 4 is 15.9 Å². The standard InChI is InChI=1S/C17H17Br/c1-10-5-6-12-13-9-16(18)11(2)8-15(13)17(3,4)14(12)7-10/h5-9H,1-4H3. The zero-order chi connectivity index (χ0) is 13.1. The first kappa shape index (κ1) is 12.0. The lowest BCUT2D eigenvalue weighted by Gasteiger charge is -2.22. The Morgan fingerprint density at radius 3 is 2.28 bits per heavy atom. The van der Waals surface area contributed by atoms with E-state index in [1.807, 2.05) is 0 Å². The molecule has 0 saturated heterocycles. The molecule has 2 aromatic rings. The minimum absolute atomic E-state index is 0.113. The van der Waals surface area contributed by atoms with Gasteiger partial charge < -0.3 is 0 Å². The Balaban J connectivity index is 2.39. The van der Waals surface area contributed by atoms with E-state index in [1.54, 1.807) is 0 Å². The summed E-state index contributed by atoms with van der Waals surface area (Å²) in [6, 6.07) is 11.4. The number of hydrogen-bond donors (Lipinski definition) is 0. The maximum Gasteiger partial charge on any atom is 0.0210 e. The Labute approximate surface area is 117 Å². The normalized spacial score (nSPS) is 15.4. The molecule has 0 amide bonds. The summed E-state index contributed by atoms with van der Waals surface area (Å²) >= 11 is 3.65. The molecule has 0 aliphatic heterocycles. The van der Waals surface area contributed by atoms with Crippen molar-refractivity contribution in [3.8, 4) is 11.1 Å². The van der Waals surface area contributed by atoms with Crippen LogP contribution < -0.4 is 0 Å². The predicted molar refractivity (Wildman–Crippen MR) is 81.2 cm³/mol. The molecule has 0 aromatic heterocycles. The molecule has 18 heavy (non-hydrogen) atoms. The number of halogens is 1. The summed E-state index contributed by atoms with van der Waals surface area (Å²) in [6.45, 7) is 8.98. The molecule has 0 spiro atoms. The Hall–Kier alpha value is -1.08. The van der Waals surface area contributed by atoms with Crippen molar-refractivity contribution in [2.75, 3.05) is 0 Å². The summed E-state index contributed by atoms with van der Waals surface area (Å²) in [5.41, 5.74) is 8.44. The summed E-state index contributed by atoms with van der Waals surface area (Å²) in [6.07, 6.45) is 0. The van der Waals surface area contributed by atoms with Gasteiger partial charge in [-0.15, -0.1) is 0 Å². The van der Waals surface area contributed by atoms with Gasteiger partial charge in [0.05, 0.1) is 0 Å². The lowest BCUT2D eigenvalue weighted by atomic mass is 9.81. The van der Waals surface area contributed by atoms with Gasteiger partial charge in [-0.25, -0.2) is 0 Å². The number of aryl methyl sites for hydroxylation is 2. The van der Waals surface area contributed by atoms with Gasteiger partial charge >= 0.3 is 0 Å². The van der Waals surface area contributed by atoms with Gasteiger partial charge in [0.2, 0.25) is 0 Å². The van der Waals surface area contributed by atoms with Crippen LogP contribution in [0, 0.1) is 13.8 Å². The SMILES string of the molecule is Cc1ccc2c(c1)C(C)(C)c1cc(C)c(Br)cc1-2. The van der Waals surface area contributed by atoms with Gasteiger partial charge in [-0.05, 0) is 47.7 Å². The average molecular weight is 301 g/mol. The Morgan fingerprint density at radius 1 is 0.889 bits per heavy atom. The molecule has 0 bridgehead atoms. The Bertz CT molecular complexity index is 651. The van der Waals surface area contributed by atoms with Gasteiger partial charge in [-0.1, -0.05) is 59.6 Å². The monoisotopic (exact) mass is 300 g/mol. The van der Waals surface area contributed by atoms with Crippen molar-refractivity contribution in [3.63, 3.8) is 0 Å². The molecule has 0 saturated carbocycles. The minimum atomic E-state index is 0.113. The third kappa shape index (κ3) is 1.50. The van der Waals surface area contributed by atoms with Crippen molar-refractivity contribution in [2.24, 2.45) is 0 Å². The fraction of sp³-hybridized carbons (Fsp3) is 0.294. The molecule has 0 atom stereocenters. The van der Waals surface area contributed by atoms with Crippen LogP contribution in [0.25, 0.3) is 11.1 Å². The van der Waals surface area contributed by atoms with Crippen LogP contribution in [0.4, 0.5) is 0 Å². The van der Waals surface area contributed by atoms with Crippen LogP contribution in [-0.2, 0) is 5.41 Å². The summed E-state index contributed by atoms with van der Waals surface area (Å²) in [5.74, 6) is 0. The van der Waals surface area contributed by atoms with Crippen LogP contribution in [0.5, 0.6) is 0 Å². The maximum absolute atomic E-state index is 3.65. The molecule has 0 heterocycles. The van der Waals surface area contributed by atoms with Crippen molar-refractivity contribution in [3.05, 3.63) is 57.1 Å². The maximum atomic E-state index is 3.65. The van der Waals surface area contributed by atoms with Crippen LogP contribution in [0.1, 0.15) is 36.1 Å². The molecule has 0 nitrogen and oxygen atoms in total. The zero-order valence-electron chi connectivity index (χ0n) is 11.3. The topological polar surface area (TPSA) is 0 Å². The summed E-state index contributed by atoms with van der Waals surface area (Å²) in [7, 11) is 0. The number of hydrogen-bond acceptors (Lipinski definition) is 0. The number of rotatable bonds is 0. The molecule has 0 unspecified atom stereocenters. The van der Waals surface area contributed by atoms with E-state index in [0.29, 0.717) is 0 Å². The first-order chi connectivity index (χ1) is 8.41. The molecule has 1 aliphatic carbocycles. The molecule has 92 valence electrons. The molecule has 0 radical (unpaired) electrons. The van der Waals surface area contributed by atoms with Crippen LogP contribution >= 0.6 is 15.9 Å². The van der Waals surface area contributed by atoms with Gasteiger partial charge in [0.15, 0.2) is 0 Å². The van der Waals surface area contributed by atoms with Gasteiger partial charge in [0, 0.05) is 9.89 Å². The third-order valence-electron chi connectivity index (χ3n) is 4.11. The van der Waals surface area contributed by atoms with Crippen molar-refractivity contribution < 1.29 is 0 Å². The van der Waals surface area contributed by atoms with Crippen LogP contribution in [0.2, 0.25) is 0 Å². The highest BCUT2D eigenvalue weighted by Gasteiger charge is 2.35. The zero-order valence-corrected chi connectivity index (χ0v) is 12.9. The molecular formula is C17H17Br. The van der Waals surface area contributed by atoms with Crippen molar-refractivity contribution in [2.45, 2.75) is 33.1 Å². The molecular weight excluding hydrogens is 284 g/mol. The minimum Gasteiger partial charge on any atom is -0.0587 e. The third-order valence-corrected chi connectivity index (χ3v) is 4.97. The summed E-state index contributed by atoms with van der Waals surface area (Å²) in [4.78, 5) is 0. The van der Waals surface area contributed by atoms with E-state index in [4.69, 9.17) is 0 Å². The molecule has 2 aromatic carbocycles. The number of fused-ring (bicyclic) bond motifs is 3. The molecule has 3 rings (SSSR count). The smallest absolute Gasteiger partial charge is 0.0210 e. The average Bonchev–Trinajstić information content (AvgIpc) is 2.50. The number of benzene rings is 2. The Morgan fingerprint density at radius 2 is 1.56 bits per heavy atom. The second-order valence-corrected chi connectivity index (χ2v) is 6.68. The van der Waals surface area contributed by atoms with Gasteiger partial charge in [0.25, 0.3) is 0 Å². The Kier molecular flexibility index (Phi) is 2.47. The summed E-state index contributed by atoms with van der Waals surface area (Å²) < 4.78 is 1.20. The molecule has 0 fully saturated rings. The van der Waals surface area contributed by atoms with Crippen LogP contribution in [0.3, 0.4) is 0 Å². The fourth-order valence-corrected chi connectivity index (χ4v) is 3.32. The van der Waals surface area contributed by atoms with E-state index in [9.17, 15) is 0 Å². The highest BCUT2D eigenvalue weighted by atomic mass is 79.9. The predicted octanol–water partition coefficient (Wildman–Crippen LogP) is 5.37. The van der Waals surface area contributed by atoms with Crippen LogP contribution in [0.15, 0.2) is 34.8 Å². The lowest BCUT2D eigenvalue weighted by molar-refractivity contribution is 0.659. The lowest BCUT2D eigenvalue weighted by Crippen LogP contribution is -2.15. The summed E-state index contributed by atoms with van der Waals surface area (Å²) in [5, 5.41) is 0. The highest BCUT2D eigenvalue weighted by Crippen LogP contribution is 2.50. The molecule has 1 heteroatoms. The van der Waals surface area contributed by atoms with Crippen molar-refractivity contribution in [1.82, 2.24) is 0 Å². The van der Waals surface area contributed by atoms with Gasteiger partial charge in [-0.2, -0.15) is 0 Å². The first-order valence-electron chi connectivity index (χ1n) is 6.33.